The second-order valence-corrected chi connectivity index (χ2v) is 6.81. The molecule has 6 heteroatoms. The number of halogens is 1. The molecule has 3 nitrogen and oxygen atoms in total. The van der Waals surface area contributed by atoms with E-state index in [2.05, 4.69) is 36.1 Å². The molecule has 98 valence electrons. The zero-order chi connectivity index (χ0) is 13.1. The average Bonchev–Trinajstić information content (AvgIpc) is 2.92. The van der Waals surface area contributed by atoms with E-state index in [4.69, 9.17) is 11.6 Å². The lowest BCUT2D eigenvalue weighted by Crippen LogP contribution is -2.18. The Balaban J connectivity index is 2.21. The van der Waals surface area contributed by atoms with Crippen LogP contribution >= 0.6 is 34.3 Å². The smallest absolute Gasteiger partial charge is 0.153 e. The largest absolute Gasteiger partial charge is 0.309 e. The quantitative estimate of drug-likeness (QED) is 0.895. The van der Waals surface area contributed by atoms with Crippen molar-refractivity contribution in [2.45, 2.75) is 33.2 Å². The van der Waals surface area contributed by atoms with Crippen molar-refractivity contribution in [1.29, 1.82) is 0 Å². The summed E-state index contributed by atoms with van der Waals surface area (Å²) in [7, 11) is 0. The molecular weight excluding hydrogens is 286 g/mol. The third-order valence-electron chi connectivity index (χ3n) is 2.59. The van der Waals surface area contributed by atoms with E-state index in [0.29, 0.717) is 10.4 Å². The number of aryl methyl sites for hydroxylation is 1. The maximum atomic E-state index is 5.91. The monoisotopic (exact) mass is 301 g/mol. The van der Waals surface area contributed by atoms with E-state index < -0.39 is 0 Å². The second kappa shape index (κ2) is 6.10. The Bertz CT molecular complexity index is 521. The van der Waals surface area contributed by atoms with Gasteiger partial charge in [-0.15, -0.1) is 11.3 Å². The zero-order valence-electron chi connectivity index (χ0n) is 10.7. The first-order valence-electron chi connectivity index (χ1n) is 5.94. The van der Waals surface area contributed by atoms with Gasteiger partial charge in [-0.2, -0.15) is 0 Å². The molecule has 1 N–H and O–H groups in total. The summed E-state index contributed by atoms with van der Waals surface area (Å²) in [6.07, 6.45) is 2.81. The summed E-state index contributed by atoms with van der Waals surface area (Å²) >= 11 is 9.08. The Hall–Kier alpha value is -0.490. The number of thiazole rings is 2. The van der Waals surface area contributed by atoms with Crippen molar-refractivity contribution in [3.63, 3.8) is 0 Å². The molecule has 0 saturated carbocycles. The molecule has 0 bridgehead atoms. The third-order valence-corrected chi connectivity index (χ3v) is 5.18. The number of rotatable bonds is 5. The normalized spacial score (nSPS) is 12.9. The molecule has 2 aromatic heterocycles. The molecule has 0 aliphatic heterocycles. The van der Waals surface area contributed by atoms with Crippen LogP contribution in [0, 0.1) is 6.92 Å². The number of aromatic nitrogens is 2. The summed E-state index contributed by atoms with van der Waals surface area (Å²) in [5, 5.41) is 5.35. The van der Waals surface area contributed by atoms with Gasteiger partial charge in [0.15, 0.2) is 10.0 Å². The Morgan fingerprint density at radius 2 is 2.17 bits per heavy atom. The lowest BCUT2D eigenvalue weighted by atomic mass is 10.2. The lowest BCUT2D eigenvalue weighted by Gasteiger charge is -2.11. The minimum Gasteiger partial charge on any atom is -0.309 e. The molecule has 2 aromatic rings. The maximum Gasteiger partial charge on any atom is 0.153 e. The molecule has 18 heavy (non-hydrogen) atoms. The van der Waals surface area contributed by atoms with Gasteiger partial charge in [0.05, 0.1) is 11.9 Å². The van der Waals surface area contributed by atoms with Gasteiger partial charge in [-0.05, 0) is 26.8 Å². The molecule has 0 spiro atoms. The topological polar surface area (TPSA) is 37.8 Å². The van der Waals surface area contributed by atoms with E-state index >= 15 is 0 Å². The SMILES string of the molecule is CCCNC(C)c1sc(-c2ncc(Cl)s2)nc1C. The molecule has 2 rings (SSSR count). The van der Waals surface area contributed by atoms with E-state index in [9.17, 15) is 0 Å². The minimum absolute atomic E-state index is 0.339. The molecule has 0 saturated heterocycles. The van der Waals surface area contributed by atoms with Crippen molar-refractivity contribution in [3.05, 3.63) is 21.1 Å². The molecular formula is C12H16ClN3S2. The number of hydrogen-bond donors (Lipinski definition) is 1. The van der Waals surface area contributed by atoms with Gasteiger partial charge in [-0.3, -0.25) is 0 Å². The van der Waals surface area contributed by atoms with Crippen molar-refractivity contribution >= 4 is 34.3 Å². The van der Waals surface area contributed by atoms with Gasteiger partial charge in [0.2, 0.25) is 0 Å². The predicted molar refractivity (Wildman–Crippen MR) is 79.7 cm³/mol. The Morgan fingerprint density at radius 3 is 2.78 bits per heavy atom. The van der Waals surface area contributed by atoms with Crippen LogP contribution in [0.25, 0.3) is 10.0 Å². The minimum atomic E-state index is 0.339. The summed E-state index contributed by atoms with van der Waals surface area (Å²) in [4.78, 5) is 10.1. The molecule has 0 aliphatic carbocycles. The van der Waals surface area contributed by atoms with Crippen LogP contribution in [0.5, 0.6) is 0 Å². The van der Waals surface area contributed by atoms with Crippen LogP contribution in [-0.2, 0) is 0 Å². The van der Waals surface area contributed by atoms with E-state index in [1.54, 1.807) is 17.5 Å². The van der Waals surface area contributed by atoms with Gasteiger partial charge >= 0.3 is 0 Å². The van der Waals surface area contributed by atoms with E-state index in [1.165, 1.54) is 16.2 Å². The number of hydrogen-bond acceptors (Lipinski definition) is 5. The molecule has 0 aromatic carbocycles. The fourth-order valence-electron chi connectivity index (χ4n) is 1.71. The van der Waals surface area contributed by atoms with Crippen LogP contribution in [0.4, 0.5) is 0 Å². The van der Waals surface area contributed by atoms with Crippen molar-refractivity contribution in [1.82, 2.24) is 15.3 Å². The summed E-state index contributed by atoms with van der Waals surface area (Å²) in [6, 6.07) is 0.339. The van der Waals surface area contributed by atoms with Crippen LogP contribution in [0.3, 0.4) is 0 Å². The van der Waals surface area contributed by atoms with Crippen molar-refractivity contribution in [2.75, 3.05) is 6.54 Å². The summed E-state index contributed by atoms with van der Waals surface area (Å²) < 4.78 is 0.705. The second-order valence-electron chi connectivity index (χ2n) is 4.11. The zero-order valence-corrected chi connectivity index (χ0v) is 13.0. The predicted octanol–water partition coefficient (Wildman–Crippen LogP) is 4.29. The third kappa shape index (κ3) is 3.09. The molecule has 1 atom stereocenters. The summed E-state index contributed by atoms with van der Waals surface area (Å²) in [6.45, 7) is 7.42. The number of nitrogens with one attached hydrogen (secondary N) is 1. The highest BCUT2D eigenvalue weighted by Gasteiger charge is 2.16. The molecule has 0 fully saturated rings. The van der Waals surface area contributed by atoms with Crippen molar-refractivity contribution < 1.29 is 0 Å². The van der Waals surface area contributed by atoms with E-state index in [-0.39, 0.29) is 0 Å². The highest BCUT2D eigenvalue weighted by Crippen LogP contribution is 2.34. The van der Waals surface area contributed by atoms with Crippen molar-refractivity contribution in [3.8, 4) is 10.0 Å². The van der Waals surface area contributed by atoms with E-state index in [1.807, 2.05) is 0 Å². The first kappa shape index (κ1) is 13.9. The fraction of sp³-hybridized carbons (Fsp3) is 0.500. The van der Waals surface area contributed by atoms with Gasteiger partial charge < -0.3 is 5.32 Å². The first-order valence-corrected chi connectivity index (χ1v) is 7.95. The van der Waals surface area contributed by atoms with Gasteiger partial charge in [0.25, 0.3) is 0 Å². The summed E-state index contributed by atoms with van der Waals surface area (Å²) in [5.74, 6) is 0. The Labute approximate surface area is 120 Å². The van der Waals surface area contributed by atoms with Gasteiger partial charge in [0.1, 0.15) is 4.34 Å². The molecule has 1 unspecified atom stereocenters. The molecule has 2 heterocycles. The highest BCUT2D eigenvalue weighted by molar-refractivity contribution is 7.23. The molecule has 0 aliphatic rings. The van der Waals surface area contributed by atoms with Gasteiger partial charge in [0, 0.05) is 10.9 Å². The highest BCUT2D eigenvalue weighted by atomic mass is 35.5. The van der Waals surface area contributed by atoms with Gasteiger partial charge in [-0.25, -0.2) is 9.97 Å². The molecule has 0 radical (unpaired) electrons. The van der Waals surface area contributed by atoms with Crippen LogP contribution in [0.1, 0.15) is 36.9 Å². The maximum absolute atomic E-state index is 5.91. The van der Waals surface area contributed by atoms with Crippen LogP contribution in [-0.4, -0.2) is 16.5 Å². The Morgan fingerprint density at radius 1 is 1.39 bits per heavy atom. The standard InChI is InChI=1S/C12H16ClN3S2/c1-4-5-14-7(2)10-8(3)16-12(18-10)11-15-6-9(13)17-11/h6-7,14H,4-5H2,1-3H3. The Kier molecular flexibility index (Phi) is 4.72. The average molecular weight is 302 g/mol. The van der Waals surface area contributed by atoms with Gasteiger partial charge in [-0.1, -0.05) is 29.9 Å². The summed E-state index contributed by atoms with van der Waals surface area (Å²) in [5.41, 5.74) is 1.08. The number of nitrogens with zero attached hydrogens (tertiary/aromatic N) is 2. The van der Waals surface area contributed by atoms with E-state index in [0.717, 1.165) is 28.7 Å². The molecule has 0 amide bonds. The van der Waals surface area contributed by atoms with Crippen LogP contribution < -0.4 is 5.32 Å². The first-order chi connectivity index (χ1) is 8.61. The van der Waals surface area contributed by atoms with Crippen molar-refractivity contribution in [2.24, 2.45) is 0 Å². The lowest BCUT2D eigenvalue weighted by molar-refractivity contribution is 0.575. The van der Waals surface area contributed by atoms with Crippen LogP contribution in [0.2, 0.25) is 4.34 Å². The van der Waals surface area contributed by atoms with Crippen LogP contribution in [0.15, 0.2) is 6.20 Å². The fourth-order valence-corrected chi connectivity index (χ4v) is 3.74.